The molecule has 1 saturated carbocycles. The molecule has 0 N–H and O–H groups in total. The van der Waals surface area contributed by atoms with Gasteiger partial charge in [0.2, 0.25) is 0 Å². The van der Waals surface area contributed by atoms with Gasteiger partial charge < -0.3 is 14.4 Å². The number of piperidine rings is 1. The Hall–Kier alpha value is -2.69. The van der Waals surface area contributed by atoms with Crippen LogP contribution in [0.2, 0.25) is 5.02 Å². The summed E-state index contributed by atoms with van der Waals surface area (Å²) in [6, 6.07) is 7.34. The molecule has 3 aliphatic rings. The van der Waals surface area contributed by atoms with Crippen molar-refractivity contribution in [1.29, 1.82) is 0 Å². The SMILES string of the molecule is COC(=O)[C@@H]1C(C)C(=O)CN1C(=O)c1cc(C2CC2)c(OCC2(F)CCN(Cc3cc(C)ccc3Cl)CC2)cc1F.S. The number of rotatable bonds is 8. The average Bonchev–Trinajstić information content (AvgIpc) is 3.75. The molecule has 1 amide bonds. The highest BCUT2D eigenvalue weighted by Gasteiger charge is 2.46. The van der Waals surface area contributed by atoms with Crippen LogP contribution in [0.15, 0.2) is 30.3 Å². The third-order valence-corrected chi connectivity index (χ3v) is 8.90. The number of methoxy groups -OCH3 is 1. The zero-order valence-corrected chi connectivity index (χ0v) is 25.8. The van der Waals surface area contributed by atoms with E-state index in [9.17, 15) is 14.4 Å². The highest BCUT2D eigenvalue weighted by molar-refractivity contribution is 7.59. The number of likely N-dealkylation sites (tertiary alicyclic amines) is 2. The summed E-state index contributed by atoms with van der Waals surface area (Å²) in [5, 5.41) is 0.694. The zero-order chi connectivity index (χ0) is 29.5. The van der Waals surface area contributed by atoms with Crippen molar-refractivity contribution in [1.82, 2.24) is 9.80 Å². The van der Waals surface area contributed by atoms with Gasteiger partial charge in [-0.1, -0.05) is 36.2 Å². The van der Waals surface area contributed by atoms with Gasteiger partial charge in [0.1, 0.15) is 29.9 Å². The number of hydrogen-bond acceptors (Lipinski definition) is 6. The zero-order valence-electron chi connectivity index (χ0n) is 24.1. The van der Waals surface area contributed by atoms with E-state index in [-0.39, 0.29) is 62.5 Å². The van der Waals surface area contributed by atoms with Crippen LogP contribution in [0.1, 0.15) is 65.6 Å². The number of aryl methyl sites for hydroxylation is 1. The number of hydrogen-bond donors (Lipinski definition) is 0. The van der Waals surface area contributed by atoms with Crippen molar-refractivity contribution in [2.24, 2.45) is 5.92 Å². The van der Waals surface area contributed by atoms with Gasteiger partial charge in [0.05, 0.1) is 19.2 Å². The van der Waals surface area contributed by atoms with Crippen LogP contribution in [0.25, 0.3) is 0 Å². The highest BCUT2D eigenvalue weighted by Crippen LogP contribution is 2.46. The molecule has 228 valence electrons. The van der Waals surface area contributed by atoms with E-state index in [2.05, 4.69) is 4.90 Å². The van der Waals surface area contributed by atoms with Gasteiger partial charge in [-0.3, -0.25) is 14.5 Å². The van der Waals surface area contributed by atoms with Crippen LogP contribution >= 0.6 is 25.1 Å². The van der Waals surface area contributed by atoms with Crippen molar-refractivity contribution in [3.05, 3.63) is 63.4 Å². The van der Waals surface area contributed by atoms with Gasteiger partial charge >= 0.3 is 5.97 Å². The predicted octanol–water partition coefficient (Wildman–Crippen LogP) is 5.36. The molecular formula is C31H37ClF2N2O5S. The lowest BCUT2D eigenvalue weighted by Crippen LogP contribution is -2.44. The van der Waals surface area contributed by atoms with E-state index in [1.807, 2.05) is 25.1 Å². The Morgan fingerprint density at radius 3 is 2.48 bits per heavy atom. The van der Waals surface area contributed by atoms with Gasteiger partial charge in [-0.25, -0.2) is 13.6 Å². The molecule has 11 heteroatoms. The number of benzene rings is 2. The maximum absolute atomic E-state index is 15.8. The molecule has 3 fully saturated rings. The quantitative estimate of drug-likeness (QED) is 0.369. The second-order valence-corrected chi connectivity index (χ2v) is 12.0. The van der Waals surface area contributed by atoms with Crippen molar-refractivity contribution >= 4 is 42.8 Å². The molecule has 0 spiro atoms. The van der Waals surface area contributed by atoms with Gasteiger partial charge in [-0.15, -0.1) is 0 Å². The van der Waals surface area contributed by atoms with Gasteiger partial charge in [0.15, 0.2) is 5.78 Å². The summed E-state index contributed by atoms with van der Waals surface area (Å²) in [5.41, 5.74) is 0.955. The summed E-state index contributed by atoms with van der Waals surface area (Å²) in [5.74, 6) is -3.07. The summed E-state index contributed by atoms with van der Waals surface area (Å²) < 4.78 is 41.9. The van der Waals surface area contributed by atoms with Crippen molar-refractivity contribution in [3.8, 4) is 5.75 Å². The minimum Gasteiger partial charge on any atom is -0.490 e. The lowest BCUT2D eigenvalue weighted by atomic mass is 9.93. The van der Waals surface area contributed by atoms with E-state index < -0.39 is 35.3 Å². The van der Waals surface area contributed by atoms with Crippen molar-refractivity contribution < 1.29 is 32.6 Å². The van der Waals surface area contributed by atoms with E-state index >= 15 is 8.78 Å². The van der Waals surface area contributed by atoms with Crippen LogP contribution in [0.5, 0.6) is 5.75 Å². The number of nitrogens with zero attached hydrogens (tertiary/aromatic N) is 2. The molecule has 2 saturated heterocycles. The molecule has 42 heavy (non-hydrogen) atoms. The molecule has 2 aromatic rings. The lowest BCUT2D eigenvalue weighted by molar-refractivity contribution is -0.146. The summed E-state index contributed by atoms with van der Waals surface area (Å²) >= 11 is 6.34. The fraction of sp³-hybridized carbons (Fsp3) is 0.516. The standard InChI is InChI=1S/C31H35ClF2N2O5.H2S/c1-18-4-7-24(32)21(12-18)15-35-10-8-31(34,9-11-35)17-41-27-14-25(33)23(13-22(27)20-5-6-20)29(38)36-16-26(37)19(2)28(36)30(39)40-3;/h4,7,12-14,19-20,28H,5-6,8-11,15-17H2,1-3H3;1H2/t19?,28-;/m0./s1. The molecule has 2 aromatic carbocycles. The normalized spacial score (nSPS) is 22.0. The fourth-order valence-corrected chi connectivity index (χ4v) is 5.94. The molecule has 1 aliphatic carbocycles. The van der Waals surface area contributed by atoms with Crippen LogP contribution in [-0.2, 0) is 20.9 Å². The fourth-order valence-electron chi connectivity index (χ4n) is 5.76. The van der Waals surface area contributed by atoms with E-state index in [1.54, 1.807) is 6.92 Å². The Morgan fingerprint density at radius 2 is 1.83 bits per heavy atom. The van der Waals surface area contributed by atoms with Crippen LogP contribution in [0.4, 0.5) is 8.78 Å². The maximum Gasteiger partial charge on any atom is 0.329 e. The molecule has 1 unspecified atom stereocenters. The lowest BCUT2D eigenvalue weighted by Gasteiger charge is -2.36. The number of amides is 1. The number of alkyl halides is 1. The second-order valence-electron chi connectivity index (χ2n) is 11.6. The summed E-state index contributed by atoms with van der Waals surface area (Å²) in [7, 11) is 1.18. The third-order valence-electron chi connectivity index (χ3n) is 8.53. The number of carbonyl (C=O) groups excluding carboxylic acids is 3. The average molecular weight is 623 g/mol. The van der Waals surface area contributed by atoms with Gasteiger partial charge in [-0.2, -0.15) is 13.5 Å². The van der Waals surface area contributed by atoms with Gasteiger partial charge in [0.25, 0.3) is 5.91 Å². The van der Waals surface area contributed by atoms with Crippen LogP contribution in [0, 0.1) is 18.7 Å². The summed E-state index contributed by atoms with van der Waals surface area (Å²) in [6.07, 6.45) is 2.22. The largest absolute Gasteiger partial charge is 0.490 e. The summed E-state index contributed by atoms with van der Waals surface area (Å²) in [4.78, 5) is 41.2. The molecule has 0 aromatic heterocycles. The van der Waals surface area contributed by atoms with E-state index in [0.717, 1.165) is 34.9 Å². The minimum atomic E-state index is -1.57. The number of Topliss-reactive ketones (excluding diaryl/α,β-unsaturated/α-hetero) is 1. The van der Waals surface area contributed by atoms with E-state index in [1.165, 1.54) is 13.2 Å². The third kappa shape index (κ3) is 6.76. The predicted molar refractivity (Wildman–Crippen MR) is 160 cm³/mol. The Labute approximate surface area is 256 Å². The molecule has 7 nitrogen and oxygen atoms in total. The van der Waals surface area contributed by atoms with Crippen molar-refractivity contribution in [2.75, 3.05) is 33.4 Å². The molecule has 0 bridgehead atoms. The maximum atomic E-state index is 15.8. The first-order valence-corrected chi connectivity index (χ1v) is 14.4. The number of ether oxygens (including phenoxy) is 2. The number of carbonyl (C=O) groups is 3. The first kappa shape index (κ1) is 32.2. The number of halogens is 3. The van der Waals surface area contributed by atoms with Crippen LogP contribution in [0.3, 0.4) is 0 Å². The first-order valence-electron chi connectivity index (χ1n) is 14.0. The molecule has 2 aliphatic heterocycles. The first-order chi connectivity index (χ1) is 19.5. The molecule has 2 atom stereocenters. The Morgan fingerprint density at radius 1 is 1.14 bits per heavy atom. The topological polar surface area (TPSA) is 76.2 Å². The monoisotopic (exact) mass is 622 g/mol. The van der Waals surface area contributed by atoms with Crippen LogP contribution < -0.4 is 4.74 Å². The second kappa shape index (κ2) is 12.9. The molecule has 0 radical (unpaired) electrons. The Kier molecular flexibility index (Phi) is 9.89. The minimum absolute atomic E-state index is 0. The highest BCUT2D eigenvalue weighted by atomic mass is 35.5. The van der Waals surface area contributed by atoms with E-state index in [4.69, 9.17) is 21.1 Å². The number of esters is 1. The van der Waals surface area contributed by atoms with Crippen molar-refractivity contribution in [3.63, 3.8) is 0 Å². The Bertz CT molecular complexity index is 1360. The molecular weight excluding hydrogens is 586 g/mol. The van der Waals surface area contributed by atoms with Crippen molar-refractivity contribution in [2.45, 2.75) is 63.7 Å². The summed E-state index contributed by atoms with van der Waals surface area (Å²) in [6.45, 7) is 4.76. The molecule has 5 rings (SSSR count). The van der Waals surface area contributed by atoms with Crippen LogP contribution in [-0.4, -0.2) is 72.5 Å². The van der Waals surface area contributed by atoms with Gasteiger partial charge in [-0.05, 0) is 61.8 Å². The smallest absolute Gasteiger partial charge is 0.329 e. The number of ketones is 1. The molecule has 2 heterocycles. The van der Waals surface area contributed by atoms with Gasteiger partial charge in [0, 0.05) is 36.6 Å². The van der Waals surface area contributed by atoms with E-state index in [0.29, 0.717) is 30.2 Å². The Balaban J connectivity index is 0.00000405.